The van der Waals surface area contributed by atoms with E-state index in [1.54, 1.807) is 12.1 Å². The van der Waals surface area contributed by atoms with Crippen molar-refractivity contribution in [2.45, 2.75) is 6.42 Å². The van der Waals surface area contributed by atoms with E-state index in [2.05, 4.69) is 4.90 Å². The van der Waals surface area contributed by atoms with Gasteiger partial charge in [-0.05, 0) is 44.8 Å². The van der Waals surface area contributed by atoms with Gasteiger partial charge in [0, 0.05) is 12.1 Å². The highest BCUT2D eigenvalue weighted by atomic mass is 16.5. The lowest BCUT2D eigenvalue weighted by Gasteiger charge is -2.10. The molecule has 0 amide bonds. The Morgan fingerprint density at radius 3 is 2.44 bits per heavy atom. The fourth-order valence-electron chi connectivity index (χ4n) is 1.30. The Balaban J connectivity index is 2.35. The molecule has 4 nitrogen and oxygen atoms in total. The van der Waals surface area contributed by atoms with Gasteiger partial charge in [0.2, 0.25) is 0 Å². The molecule has 0 spiro atoms. The summed E-state index contributed by atoms with van der Waals surface area (Å²) < 4.78 is 5.55. The molecule has 0 fully saturated rings. The van der Waals surface area contributed by atoms with E-state index < -0.39 is 0 Å². The zero-order valence-corrected chi connectivity index (χ0v) is 9.86. The van der Waals surface area contributed by atoms with Crippen molar-refractivity contribution in [2.75, 3.05) is 27.2 Å². The highest BCUT2D eigenvalue weighted by Crippen LogP contribution is 2.11. The van der Waals surface area contributed by atoms with E-state index in [-0.39, 0.29) is 5.84 Å². The van der Waals surface area contributed by atoms with Crippen LogP contribution in [0.5, 0.6) is 5.75 Å². The summed E-state index contributed by atoms with van der Waals surface area (Å²) in [5.74, 6) is 0.905. The Labute approximate surface area is 96.5 Å². The first-order chi connectivity index (χ1) is 7.59. The van der Waals surface area contributed by atoms with E-state index in [0.717, 1.165) is 24.3 Å². The molecule has 0 saturated heterocycles. The monoisotopic (exact) mass is 221 g/mol. The van der Waals surface area contributed by atoms with Gasteiger partial charge in [0.25, 0.3) is 0 Å². The highest BCUT2D eigenvalue weighted by molar-refractivity contribution is 5.94. The van der Waals surface area contributed by atoms with Gasteiger partial charge in [-0.3, -0.25) is 5.41 Å². The van der Waals surface area contributed by atoms with E-state index in [9.17, 15) is 0 Å². The normalized spacial score (nSPS) is 10.4. The Morgan fingerprint density at radius 1 is 1.31 bits per heavy atom. The number of nitrogen functional groups attached to an aromatic ring is 1. The van der Waals surface area contributed by atoms with E-state index in [1.807, 2.05) is 26.2 Å². The van der Waals surface area contributed by atoms with E-state index in [4.69, 9.17) is 15.9 Å². The number of nitrogens with one attached hydrogen (secondary N) is 1. The summed E-state index contributed by atoms with van der Waals surface area (Å²) in [6.07, 6.45) is 1.00. The SMILES string of the molecule is CN(C)CCCOc1ccc(C(=N)N)cc1. The highest BCUT2D eigenvalue weighted by Gasteiger charge is 1.97. The van der Waals surface area contributed by atoms with Crippen LogP contribution < -0.4 is 10.5 Å². The minimum Gasteiger partial charge on any atom is -0.494 e. The van der Waals surface area contributed by atoms with Gasteiger partial charge in [-0.25, -0.2) is 0 Å². The van der Waals surface area contributed by atoms with Crippen LogP contribution in [0.3, 0.4) is 0 Å². The van der Waals surface area contributed by atoms with Crippen LogP contribution in [0.15, 0.2) is 24.3 Å². The molecule has 0 aliphatic rings. The maximum absolute atomic E-state index is 7.25. The van der Waals surface area contributed by atoms with Crippen LogP contribution in [-0.4, -0.2) is 38.0 Å². The predicted molar refractivity (Wildman–Crippen MR) is 66.1 cm³/mol. The lowest BCUT2D eigenvalue weighted by molar-refractivity contribution is 0.281. The van der Waals surface area contributed by atoms with Gasteiger partial charge in [0.1, 0.15) is 11.6 Å². The van der Waals surface area contributed by atoms with Crippen LogP contribution in [0, 0.1) is 5.41 Å². The second-order valence-electron chi connectivity index (χ2n) is 3.94. The van der Waals surface area contributed by atoms with Gasteiger partial charge >= 0.3 is 0 Å². The third-order valence-electron chi connectivity index (χ3n) is 2.18. The van der Waals surface area contributed by atoms with Gasteiger partial charge in [-0.2, -0.15) is 0 Å². The molecule has 0 aliphatic carbocycles. The summed E-state index contributed by atoms with van der Waals surface area (Å²) in [6, 6.07) is 7.27. The largest absolute Gasteiger partial charge is 0.494 e. The molecular formula is C12H19N3O. The maximum Gasteiger partial charge on any atom is 0.122 e. The average molecular weight is 221 g/mol. The first-order valence-electron chi connectivity index (χ1n) is 5.31. The smallest absolute Gasteiger partial charge is 0.122 e. The zero-order chi connectivity index (χ0) is 12.0. The minimum absolute atomic E-state index is 0.0826. The Hall–Kier alpha value is -1.55. The Bertz CT molecular complexity index is 333. The molecule has 0 aromatic heterocycles. The van der Waals surface area contributed by atoms with E-state index >= 15 is 0 Å². The van der Waals surface area contributed by atoms with Crippen LogP contribution in [0.2, 0.25) is 0 Å². The summed E-state index contributed by atoms with van der Waals surface area (Å²) in [4.78, 5) is 2.13. The van der Waals surface area contributed by atoms with Crippen molar-refractivity contribution in [3.8, 4) is 5.75 Å². The van der Waals surface area contributed by atoms with Crippen LogP contribution in [0.1, 0.15) is 12.0 Å². The van der Waals surface area contributed by atoms with E-state index in [0.29, 0.717) is 6.61 Å². The van der Waals surface area contributed by atoms with Crippen LogP contribution in [-0.2, 0) is 0 Å². The third-order valence-corrected chi connectivity index (χ3v) is 2.18. The molecular weight excluding hydrogens is 202 g/mol. The Morgan fingerprint density at radius 2 is 1.94 bits per heavy atom. The summed E-state index contributed by atoms with van der Waals surface area (Å²) in [5.41, 5.74) is 6.08. The first kappa shape index (κ1) is 12.5. The van der Waals surface area contributed by atoms with Gasteiger partial charge in [0.15, 0.2) is 0 Å². The molecule has 0 saturated carbocycles. The molecule has 1 rings (SSSR count). The zero-order valence-electron chi connectivity index (χ0n) is 9.86. The molecule has 1 aromatic carbocycles. The van der Waals surface area contributed by atoms with Gasteiger partial charge < -0.3 is 15.4 Å². The number of benzene rings is 1. The van der Waals surface area contributed by atoms with E-state index in [1.165, 1.54) is 0 Å². The molecule has 0 radical (unpaired) electrons. The summed E-state index contributed by atoms with van der Waals surface area (Å²) in [7, 11) is 4.09. The molecule has 3 N–H and O–H groups in total. The second-order valence-corrected chi connectivity index (χ2v) is 3.94. The maximum atomic E-state index is 7.25. The van der Waals surface area contributed by atoms with Crippen molar-refractivity contribution >= 4 is 5.84 Å². The number of ether oxygens (including phenoxy) is 1. The Kier molecular flexibility index (Phi) is 4.79. The fourth-order valence-corrected chi connectivity index (χ4v) is 1.30. The molecule has 4 heteroatoms. The van der Waals surface area contributed by atoms with Crippen LogP contribution in [0.4, 0.5) is 0 Å². The number of hydrogen-bond acceptors (Lipinski definition) is 3. The number of rotatable bonds is 6. The summed E-state index contributed by atoms with van der Waals surface area (Å²) in [6.45, 7) is 1.73. The molecule has 0 aliphatic heterocycles. The van der Waals surface area contributed by atoms with Gasteiger partial charge in [-0.15, -0.1) is 0 Å². The number of nitrogens with zero attached hydrogens (tertiary/aromatic N) is 1. The predicted octanol–water partition coefficient (Wildman–Crippen LogP) is 1.30. The van der Waals surface area contributed by atoms with Gasteiger partial charge in [-0.1, -0.05) is 0 Å². The van der Waals surface area contributed by atoms with Gasteiger partial charge in [0.05, 0.1) is 6.61 Å². The van der Waals surface area contributed by atoms with Crippen molar-refractivity contribution in [1.82, 2.24) is 4.90 Å². The molecule has 0 unspecified atom stereocenters. The summed E-state index contributed by atoms with van der Waals surface area (Å²) in [5, 5.41) is 7.25. The average Bonchev–Trinajstić information content (AvgIpc) is 2.25. The number of nitrogens with two attached hydrogens (primary N) is 1. The summed E-state index contributed by atoms with van der Waals surface area (Å²) >= 11 is 0. The molecule has 0 atom stereocenters. The molecule has 0 bridgehead atoms. The molecule has 16 heavy (non-hydrogen) atoms. The fraction of sp³-hybridized carbons (Fsp3) is 0.417. The quantitative estimate of drug-likeness (QED) is 0.432. The number of hydrogen-bond donors (Lipinski definition) is 2. The lowest BCUT2D eigenvalue weighted by atomic mass is 10.2. The molecule has 1 aromatic rings. The molecule has 88 valence electrons. The number of amidine groups is 1. The van der Waals surface area contributed by atoms with Crippen molar-refractivity contribution < 1.29 is 4.74 Å². The standard InChI is InChI=1S/C12H19N3O/c1-15(2)8-3-9-16-11-6-4-10(5-7-11)12(13)14/h4-7H,3,8-9H2,1-2H3,(H3,13,14). The lowest BCUT2D eigenvalue weighted by Crippen LogP contribution is -2.15. The first-order valence-corrected chi connectivity index (χ1v) is 5.31. The minimum atomic E-state index is 0.0826. The van der Waals surface area contributed by atoms with Crippen molar-refractivity contribution in [1.29, 1.82) is 5.41 Å². The van der Waals surface area contributed by atoms with Crippen molar-refractivity contribution in [3.63, 3.8) is 0 Å². The second kappa shape index (κ2) is 6.12. The van der Waals surface area contributed by atoms with Crippen molar-refractivity contribution in [2.24, 2.45) is 5.73 Å². The van der Waals surface area contributed by atoms with Crippen LogP contribution in [0.25, 0.3) is 0 Å². The molecule has 0 heterocycles. The van der Waals surface area contributed by atoms with Crippen LogP contribution >= 0.6 is 0 Å². The van der Waals surface area contributed by atoms with Crippen molar-refractivity contribution in [3.05, 3.63) is 29.8 Å². The topological polar surface area (TPSA) is 62.3 Å². The third kappa shape index (κ3) is 4.31.